The third kappa shape index (κ3) is 6.07. The highest BCUT2D eigenvalue weighted by Crippen LogP contribution is 2.38. The molecule has 5 rings (SSSR count). The van der Waals surface area contributed by atoms with Crippen LogP contribution in [0, 0.1) is 11.3 Å². The molecule has 0 amide bonds. The Morgan fingerprint density at radius 3 is 1.23 bits per heavy atom. The number of carbonyl (C=O) groups excluding carboxylic acids is 1. The van der Waals surface area contributed by atoms with Crippen LogP contribution < -0.4 is 9.80 Å². The van der Waals surface area contributed by atoms with Crippen LogP contribution in [0.25, 0.3) is 6.08 Å². The molecule has 4 nitrogen and oxygen atoms in total. The van der Waals surface area contributed by atoms with E-state index < -0.39 is 0 Å². The number of nitriles is 1. The Kier molecular flexibility index (Phi) is 8.26. The topological polar surface area (TPSA) is 47.3 Å². The summed E-state index contributed by atoms with van der Waals surface area (Å²) in [5, 5.41) is 8.91. The Morgan fingerprint density at radius 1 is 0.525 bits per heavy atom. The molecule has 4 heteroatoms. The fourth-order valence-electron chi connectivity index (χ4n) is 4.48. The van der Waals surface area contributed by atoms with E-state index in [-0.39, 0.29) is 5.57 Å². The van der Waals surface area contributed by atoms with Crippen molar-refractivity contribution in [2.75, 3.05) is 9.80 Å². The van der Waals surface area contributed by atoms with Crippen molar-refractivity contribution in [1.29, 1.82) is 5.26 Å². The predicted octanol–water partition coefficient (Wildman–Crippen LogP) is 9.29. The van der Waals surface area contributed by atoms with Gasteiger partial charge < -0.3 is 9.80 Å². The number of rotatable bonds is 9. The number of hydrogen-bond donors (Lipinski definition) is 0. The summed E-state index contributed by atoms with van der Waals surface area (Å²) in [5.41, 5.74) is 7.40. The van der Waals surface area contributed by atoms with Gasteiger partial charge >= 0.3 is 0 Å². The highest BCUT2D eigenvalue weighted by molar-refractivity contribution is 5.82. The van der Waals surface area contributed by atoms with E-state index in [4.69, 9.17) is 5.26 Å². The second-order valence-electron chi connectivity index (χ2n) is 9.00. The van der Waals surface area contributed by atoms with Gasteiger partial charge in [0.2, 0.25) is 0 Å². The lowest BCUT2D eigenvalue weighted by Crippen LogP contribution is -2.12. The zero-order chi connectivity index (χ0) is 27.6. The second-order valence-corrected chi connectivity index (χ2v) is 9.00. The number of benzene rings is 5. The summed E-state index contributed by atoms with van der Waals surface area (Å²) in [6.07, 6.45) is 5.64. The first kappa shape index (κ1) is 26.0. The molecule has 0 spiro atoms. The fourth-order valence-corrected chi connectivity index (χ4v) is 4.48. The molecular weight excluding hydrogens is 490 g/mol. The van der Waals surface area contributed by atoms with Crippen molar-refractivity contribution >= 4 is 46.5 Å². The van der Waals surface area contributed by atoms with Gasteiger partial charge in [0, 0.05) is 34.1 Å². The van der Waals surface area contributed by atoms with Gasteiger partial charge in [-0.2, -0.15) is 5.26 Å². The summed E-state index contributed by atoms with van der Waals surface area (Å²) >= 11 is 0. The molecule has 0 unspecified atom stereocenters. The van der Waals surface area contributed by atoms with Gasteiger partial charge in [0.05, 0.1) is 5.57 Å². The third-order valence-electron chi connectivity index (χ3n) is 6.38. The van der Waals surface area contributed by atoms with Crippen molar-refractivity contribution in [2.45, 2.75) is 0 Å². The molecule has 0 fully saturated rings. The summed E-state index contributed by atoms with van der Waals surface area (Å²) in [4.78, 5) is 15.3. The number of aldehydes is 1. The average Bonchev–Trinajstić information content (AvgIpc) is 3.03. The molecule has 0 aliphatic carbocycles. The number of anilines is 6. The Hall–Kier alpha value is -5.66. The van der Waals surface area contributed by atoms with Crippen LogP contribution in [0.1, 0.15) is 5.56 Å². The first-order valence-corrected chi connectivity index (χ1v) is 13.0. The van der Waals surface area contributed by atoms with Crippen LogP contribution in [-0.4, -0.2) is 6.29 Å². The van der Waals surface area contributed by atoms with Crippen molar-refractivity contribution in [1.82, 2.24) is 0 Å². The Balaban J connectivity index is 1.49. The van der Waals surface area contributed by atoms with Crippen molar-refractivity contribution in [3.63, 3.8) is 0 Å². The molecule has 0 atom stereocenters. The Labute approximate surface area is 235 Å². The van der Waals surface area contributed by atoms with Crippen LogP contribution in [0.4, 0.5) is 34.1 Å². The van der Waals surface area contributed by atoms with Crippen molar-refractivity contribution in [2.24, 2.45) is 0 Å². The second kappa shape index (κ2) is 12.7. The predicted molar refractivity (Wildman–Crippen MR) is 165 cm³/mol. The number of hydrogen-bond acceptors (Lipinski definition) is 4. The first-order valence-electron chi connectivity index (χ1n) is 13.0. The highest BCUT2D eigenvalue weighted by atomic mass is 16.1. The lowest BCUT2D eigenvalue weighted by Gasteiger charge is -2.28. The standard InChI is InChI=1S/C36H27N3O/c37-27-30(28-40)12-10-11-29-19-21-34(22-20-29)39(33-17-8-3-9-18-33)36-25-23-35(24-26-36)38(31-13-4-1-5-14-31)32-15-6-2-7-16-32/h1-26,28H/b11-10+,30-12+. The van der Waals surface area contributed by atoms with E-state index in [1.165, 1.54) is 6.08 Å². The monoisotopic (exact) mass is 517 g/mol. The summed E-state index contributed by atoms with van der Waals surface area (Å²) in [5.74, 6) is 0. The molecule has 0 saturated heterocycles. The SMILES string of the molecule is N#C/C(C=O)=C\C=C\c1ccc(N(c2ccccc2)c2ccc(N(c3ccccc3)c3ccccc3)cc2)cc1. The van der Waals surface area contributed by atoms with E-state index in [1.807, 2.05) is 54.6 Å². The van der Waals surface area contributed by atoms with Crippen LogP contribution in [0.2, 0.25) is 0 Å². The van der Waals surface area contributed by atoms with E-state index in [9.17, 15) is 4.79 Å². The van der Waals surface area contributed by atoms with Crippen LogP contribution in [0.5, 0.6) is 0 Å². The summed E-state index contributed by atoms with van der Waals surface area (Å²) < 4.78 is 0. The molecule has 0 radical (unpaired) electrons. The maximum absolute atomic E-state index is 10.8. The van der Waals surface area contributed by atoms with Gasteiger partial charge in [-0.15, -0.1) is 0 Å². The maximum atomic E-state index is 10.8. The molecule has 192 valence electrons. The van der Waals surface area contributed by atoms with Crippen LogP contribution in [0.3, 0.4) is 0 Å². The van der Waals surface area contributed by atoms with E-state index in [2.05, 4.69) is 107 Å². The van der Waals surface area contributed by atoms with Crippen LogP contribution in [-0.2, 0) is 4.79 Å². The van der Waals surface area contributed by atoms with Crippen molar-refractivity contribution < 1.29 is 4.79 Å². The molecule has 5 aromatic carbocycles. The third-order valence-corrected chi connectivity index (χ3v) is 6.38. The number of para-hydroxylation sites is 3. The van der Waals surface area contributed by atoms with Gasteiger partial charge in [0.15, 0.2) is 6.29 Å². The van der Waals surface area contributed by atoms with Crippen LogP contribution in [0.15, 0.2) is 157 Å². The quantitative estimate of drug-likeness (QED) is 0.0846. The molecule has 0 heterocycles. The lowest BCUT2D eigenvalue weighted by molar-refractivity contribution is -0.104. The normalized spacial score (nSPS) is 11.1. The summed E-state index contributed by atoms with van der Waals surface area (Å²) in [6.45, 7) is 0. The van der Waals surface area contributed by atoms with E-state index in [0.29, 0.717) is 6.29 Å². The zero-order valence-electron chi connectivity index (χ0n) is 21.8. The van der Waals surface area contributed by atoms with Crippen LogP contribution >= 0.6 is 0 Å². The van der Waals surface area contributed by atoms with Gasteiger partial charge in [0.1, 0.15) is 6.07 Å². The number of allylic oxidation sites excluding steroid dienone is 3. The highest BCUT2D eigenvalue weighted by Gasteiger charge is 2.15. The molecule has 0 bridgehead atoms. The molecule has 5 aromatic rings. The largest absolute Gasteiger partial charge is 0.311 e. The van der Waals surface area contributed by atoms with Gasteiger partial charge in [0.25, 0.3) is 0 Å². The molecular formula is C36H27N3O. The maximum Gasteiger partial charge on any atom is 0.160 e. The minimum atomic E-state index is 0.0877. The first-order chi connectivity index (χ1) is 19.8. The Morgan fingerprint density at radius 2 is 0.875 bits per heavy atom. The molecule has 0 saturated carbocycles. The summed E-state index contributed by atoms with van der Waals surface area (Å²) in [6, 6.07) is 49.6. The molecule has 0 N–H and O–H groups in total. The smallest absolute Gasteiger partial charge is 0.160 e. The molecule has 0 aliphatic rings. The zero-order valence-corrected chi connectivity index (χ0v) is 21.8. The minimum Gasteiger partial charge on any atom is -0.311 e. The van der Waals surface area contributed by atoms with E-state index in [1.54, 1.807) is 6.08 Å². The molecule has 0 aromatic heterocycles. The van der Waals surface area contributed by atoms with Gasteiger partial charge in [-0.05, 0) is 84.4 Å². The van der Waals surface area contributed by atoms with Gasteiger partial charge in [-0.3, -0.25) is 4.79 Å². The average molecular weight is 518 g/mol. The number of nitrogens with zero attached hydrogens (tertiary/aromatic N) is 3. The van der Waals surface area contributed by atoms with Crippen molar-refractivity contribution in [3.8, 4) is 6.07 Å². The minimum absolute atomic E-state index is 0.0877. The van der Waals surface area contributed by atoms with E-state index >= 15 is 0 Å². The Bertz CT molecular complexity index is 1600. The van der Waals surface area contributed by atoms with E-state index in [0.717, 1.165) is 39.7 Å². The fraction of sp³-hybridized carbons (Fsp3) is 0. The lowest BCUT2D eigenvalue weighted by atomic mass is 10.1. The van der Waals surface area contributed by atoms with Gasteiger partial charge in [-0.25, -0.2) is 0 Å². The number of carbonyl (C=O) groups is 1. The molecule has 0 aliphatic heterocycles. The molecule has 40 heavy (non-hydrogen) atoms. The van der Waals surface area contributed by atoms with Crippen molar-refractivity contribution in [3.05, 3.63) is 163 Å². The summed E-state index contributed by atoms with van der Waals surface area (Å²) in [7, 11) is 0. The van der Waals surface area contributed by atoms with Gasteiger partial charge in [-0.1, -0.05) is 78.9 Å².